The summed E-state index contributed by atoms with van der Waals surface area (Å²) in [5.74, 6) is 0.630. The summed E-state index contributed by atoms with van der Waals surface area (Å²) < 4.78 is 0. The van der Waals surface area contributed by atoms with Crippen LogP contribution in [0.2, 0.25) is 0 Å². The molecule has 0 aliphatic rings. The molecular weight excluding hydrogens is 208 g/mol. The summed E-state index contributed by atoms with van der Waals surface area (Å²) in [5, 5.41) is 0.166. The number of nitrogens with zero attached hydrogens (tertiary/aromatic N) is 2. The van der Waals surface area contributed by atoms with Crippen molar-refractivity contribution in [2.75, 3.05) is 0 Å². The second-order valence-corrected chi connectivity index (χ2v) is 5.09. The van der Waals surface area contributed by atoms with Gasteiger partial charge in [-0.05, 0) is 26.2 Å². The van der Waals surface area contributed by atoms with E-state index in [4.69, 9.17) is 11.6 Å². The minimum Gasteiger partial charge on any atom is -0.258 e. The van der Waals surface area contributed by atoms with Crippen molar-refractivity contribution in [3.05, 3.63) is 23.3 Å². The quantitative estimate of drug-likeness (QED) is 0.737. The summed E-state index contributed by atoms with van der Waals surface area (Å²) in [6.07, 6.45) is 3.64. The van der Waals surface area contributed by atoms with Crippen molar-refractivity contribution >= 4 is 11.6 Å². The smallest absolute Gasteiger partial charge is 0.0633 e. The Labute approximate surface area is 97.1 Å². The average Bonchev–Trinajstić information content (AvgIpc) is 2.10. The Hall–Kier alpha value is -0.630. The molecule has 1 unspecified atom stereocenters. The summed E-state index contributed by atoms with van der Waals surface area (Å²) in [6, 6.07) is 0. The first-order valence-corrected chi connectivity index (χ1v) is 5.86. The number of rotatable bonds is 4. The molecule has 0 aliphatic carbocycles. The van der Waals surface area contributed by atoms with Crippen LogP contribution in [0.25, 0.3) is 0 Å². The minimum atomic E-state index is 0.166. The summed E-state index contributed by atoms with van der Waals surface area (Å²) in [7, 11) is 0. The third-order valence-corrected chi connectivity index (χ3v) is 2.65. The molecule has 15 heavy (non-hydrogen) atoms. The first-order valence-electron chi connectivity index (χ1n) is 5.42. The zero-order valence-corrected chi connectivity index (χ0v) is 10.7. The number of hydrogen-bond acceptors (Lipinski definition) is 2. The summed E-state index contributed by atoms with van der Waals surface area (Å²) in [6.45, 7) is 8.32. The van der Waals surface area contributed by atoms with Crippen molar-refractivity contribution in [1.82, 2.24) is 9.97 Å². The molecule has 0 aromatic carbocycles. The van der Waals surface area contributed by atoms with Crippen molar-refractivity contribution in [2.45, 2.75) is 45.9 Å². The van der Waals surface area contributed by atoms with Gasteiger partial charge in [-0.2, -0.15) is 0 Å². The minimum absolute atomic E-state index is 0.166. The molecule has 0 spiro atoms. The summed E-state index contributed by atoms with van der Waals surface area (Å²) in [4.78, 5) is 8.76. The fraction of sp³-hybridized carbons (Fsp3) is 0.667. The zero-order valence-electron chi connectivity index (χ0n) is 9.92. The van der Waals surface area contributed by atoms with Gasteiger partial charge in [-0.1, -0.05) is 13.8 Å². The molecule has 0 saturated carbocycles. The Morgan fingerprint density at radius 1 is 1.33 bits per heavy atom. The highest BCUT2D eigenvalue weighted by Crippen LogP contribution is 2.16. The molecule has 1 aromatic heterocycles. The summed E-state index contributed by atoms with van der Waals surface area (Å²) >= 11 is 6.27. The molecule has 0 saturated heterocycles. The van der Waals surface area contributed by atoms with E-state index in [9.17, 15) is 0 Å². The van der Waals surface area contributed by atoms with Crippen LogP contribution in [-0.4, -0.2) is 15.3 Å². The highest BCUT2D eigenvalue weighted by Gasteiger charge is 2.11. The van der Waals surface area contributed by atoms with Gasteiger partial charge in [-0.25, -0.2) is 0 Å². The van der Waals surface area contributed by atoms with Crippen molar-refractivity contribution in [2.24, 2.45) is 5.92 Å². The van der Waals surface area contributed by atoms with Crippen molar-refractivity contribution < 1.29 is 0 Å². The number of halogens is 1. The van der Waals surface area contributed by atoms with Gasteiger partial charge in [0.25, 0.3) is 0 Å². The molecule has 1 heterocycles. The van der Waals surface area contributed by atoms with E-state index < -0.39 is 0 Å². The second-order valence-electron chi connectivity index (χ2n) is 4.47. The molecule has 2 nitrogen and oxygen atoms in total. The monoisotopic (exact) mass is 226 g/mol. The maximum Gasteiger partial charge on any atom is 0.0633 e. The van der Waals surface area contributed by atoms with E-state index in [1.165, 1.54) is 0 Å². The van der Waals surface area contributed by atoms with Crippen molar-refractivity contribution in [3.63, 3.8) is 0 Å². The third-order valence-electron chi connectivity index (χ3n) is 2.32. The fourth-order valence-corrected chi connectivity index (χ4v) is 2.09. The van der Waals surface area contributed by atoms with Crippen LogP contribution in [0.15, 0.2) is 6.20 Å². The number of aromatic nitrogens is 2. The maximum absolute atomic E-state index is 6.27. The van der Waals surface area contributed by atoms with Crippen LogP contribution < -0.4 is 0 Å². The van der Waals surface area contributed by atoms with Gasteiger partial charge in [0.05, 0.1) is 17.1 Å². The van der Waals surface area contributed by atoms with Crippen LogP contribution in [0.3, 0.4) is 0 Å². The molecule has 1 atom stereocenters. The standard InChI is InChI=1S/C12H19ClN2/c1-8(2)5-11(13)6-12-10(4)14-7-9(3)15-12/h7-8,11H,5-6H2,1-4H3. The Morgan fingerprint density at radius 2 is 2.00 bits per heavy atom. The number of hydrogen-bond donors (Lipinski definition) is 0. The lowest BCUT2D eigenvalue weighted by atomic mass is 10.0. The third kappa shape index (κ3) is 4.17. The molecule has 0 bridgehead atoms. The molecule has 0 fully saturated rings. The first kappa shape index (κ1) is 12.4. The first-order chi connectivity index (χ1) is 6.99. The maximum atomic E-state index is 6.27. The van der Waals surface area contributed by atoms with Gasteiger partial charge >= 0.3 is 0 Å². The van der Waals surface area contributed by atoms with Gasteiger partial charge < -0.3 is 0 Å². The van der Waals surface area contributed by atoms with E-state index in [0.29, 0.717) is 5.92 Å². The molecule has 1 aromatic rings. The van der Waals surface area contributed by atoms with Crippen molar-refractivity contribution in [3.8, 4) is 0 Å². The Morgan fingerprint density at radius 3 is 2.60 bits per heavy atom. The predicted molar refractivity (Wildman–Crippen MR) is 64.3 cm³/mol. The largest absolute Gasteiger partial charge is 0.258 e. The highest BCUT2D eigenvalue weighted by molar-refractivity contribution is 6.20. The SMILES string of the molecule is Cc1cnc(C)c(CC(Cl)CC(C)C)n1. The van der Waals surface area contributed by atoms with Crippen LogP contribution in [0.4, 0.5) is 0 Å². The van der Waals surface area contributed by atoms with Crippen molar-refractivity contribution in [1.29, 1.82) is 0 Å². The number of alkyl halides is 1. The molecule has 0 amide bonds. The molecule has 1 rings (SSSR count). The van der Waals surface area contributed by atoms with E-state index in [1.807, 2.05) is 13.8 Å². The van der Waals surface area contributed by atoms with Gasteiger partial charge in [0, 0.05) is 18.0 Å². The molecular formula is C12H19ClN2. The molecule has 0 radical (unpaired) electrons. The topological polar surface area (TPSA) is 25.8 Å². The second kappa shape index (κ2) is 5.45. The molecule has 3 heteroatoms. The van der Waals surface area contributed by atoms with E-state index >= 15 is 0 Å². The summed E-state index contributed by atoms with van der Waals surface area (Å²) in [5.41, 5.74) is 3.00. The fourth-order valence-electron chi connectivity index (χ4n) is 1.59. The van der Waals surface area contributed by atoms with Crippen LogP contribution in [-0.2, 0) is 6.42 Å². The lowest BCUT2D eigenvalue weighted by Crippen LogP contribution is -2.10. The molecule has 0 aliphatic heterocycles. The Kier molecular flexibility index (Phi) is 4.52. The molecule has 0 N–H and O–H groups in total. The van der Waals surface area contributed by atoms with Gasteiger partial charge in [-0.15, -0.1) is 11.6 Å². The van der Waals surface area contributed by atoms with E-state index in [1.54, 1.807) is 6.20 Å². The predicted octanol–water partition coefficient (Wildman–Crippen LogP) is 3.29. The average molecular weight is 227 g/mol. The van der Waals surface area contributed by atoms with Gasteiger partial charge in [0.1, 0.15) is 0 Å². The van der Waals surface area contributed by atoms with E-state index in [-0.39, 0.29) is 5.38 Å². The van der Waals surface area contributed by atoms with E-state index in [0.717, 1.165) is 29.9 Å². The van der Waals surface area contributed by atoms with E-state index in [2.05, 4.69) is 23.8 Å². The van der Waals surface area contributed by atoms with Crippen LogP contribution >= 0.6 is 11.6 Å². The Balaban J connectivity index is 2.67. The van der Waals surface area contributed by atoms with Gasteiger partial charge in [-0.3, -0.25) is 9.97 Å². The van der Waals surface area contributed by atoms with Crippen LogP contribution in [0.1, 0.15) is 37.4 Å². The Bertz CT molecular complexity index is 323. The van der Waals surface area contributed by atoms with Gasteiger partial charge in [0.2, 0.25) is 0 Å². The normalized spacial score (nSPS) is 13.2. The lowest BCUT2D eigenvalue weighted by Gasteiger charge is -2.12. The van der Waals surface area contributed by atoms with Crippen LogP contribution in [0, 0.1) is 19.8 Å². The lowest BCUT2D eigenvalue weighted by molar-refractivity contribution is 0.557. The molecule has 84 valence electrons. The van der Waals surface area contributed by atoms with Gasteiger partial charge in [0.15, 0.2) is 0 Å². The van der Waals surface area contributed by atoms with Crippen LogP contribution in [0.5, 0.6) is 0 Å². The highest BCUT2D eigenvalue weighted by atomic mass is 35.5. The number of aryl methyl sites for hydroxylation is 2. The zero-order chi connectivity index (χ0) is 11.4.